The van der Waals surface area contributed by atoms with Gasteiger partial charge < -0.3 is 25.5 Å². The highest BCUT2D eigenvalue weighted by molar-refractivity contribution is 5.92. The van der Waals surface area contributed by atoms with Crippen LogP contribution in [-0.4, -0.2) is 64.4 Å². The van der Waals surface area contributed by atoms with E-state index in [2.05, 4.69) is 5.32 Å². The van der Waals surface area contributed by atoms with Crippen LogP contribution in [0.15, 0.2) is 23.4 Å². The molecular weight excluding hydrogens is 252 g/mol. The van der Waals surface area contributed by atoms with E-state index in [1.807, 2.05) is 0 Å². The molecule has 1 aliphatic rings. The van der Waals surface area contributed by atoms with Crippen LogP contribution in [0, 0.1) is 0 Å². The van der Waals surface area contributed by atoms with Crippen LogP contribution in [0.3, 0.4) is 0 Å². The Hall–Kier alpha value is -1.70. The van der Waals surface area contributed by atoms with Gasteiger partial charge in [0.15, 0.2) is 0 Å². The summed E-state index contributed by atoms with van der Waals surface area (Å²) in [5.74, 6) is -0.355. The van der Waals surface area contributed by atoms with E-state index < -0.39 is 24.9 Å². The van der Waals surface area contributed by atoms with Crippen molar-refractivity contribution >= 4 is 12.3 Å². The smallest absolute Gasteiger partial charge is 0.248 e. The summed E-state index contributed by atoms with van der Waals surface area (Å²) in [5.41, 5.74) is 0.525. The van der Waals surface area contributed by atoms with Gasteiger partial charge in [-0.2, -0.15) is 0 Å². The molecule has 3 unspecified atom stereocenters. The summed E-state index contributed by atoms with van der Waals surface area (Å²) >= 11 is 0. The van der Waals surface area contributed by atoms with Gasteiger partial charge >= 0.3 is 0 Å². The number of rotatable bonds is 5. The molecule has 19 heavy (non-hydrogen) atoms. The summed E-state index contributed by atoms with van der Waals surface area (Å²) in [7, 11) is 1.46. The summed E-state index contributed by atoms with van der Waals surface area (Å²) in [6, 6.07) is -0.811. The highest BCUT2D eigenvalue weighted by Crippen LogP contribution is 2.24. The molecule has 1 rings (SSSR count). The molecule has 7 nitrogen and oxygen atoms in total. The minimum atomic E-state index is -1.24. The second-order valence-electron chi connectivity index (χ2n) is 4.27. The Morgan fingerprint density at radius 1 is 1.53 bits per heavy atom. The number of carbonyl (C=O) groups is 2. The highest BCUT2D eigenvalue weighted by atomic mass is 16.3. The van der Waals surface area contributed by atoms with Crippen molar-refractivity contribution < 1.29 is 24.9 Å². The zero-order valence-electron chi connectivity index (χ0n) is 10.8. The second-order valence-corrected chi connectivity index (χ2v) is 4.27. The lowest BCUT2D eigenvalue weighted by Gasteiger charge is -2.25. The zero-order chi connectivity index (χ0) is 14.6. The average molecular weight is 270 g/mol. The Labute approximate surface area is 110 Å². The van der Waals surface area contributed by atoms with Crippen LogP contribution < -0.4 is 5.32 Å². The van der Waals surface area contributed by atoms with Crippen molar-refractivity contribution in [2.24, 2.45) is 0 Å². The maximum Gasteiger partial charge on any atom is 0.248 e. The van der Waals surface area contributed by atoms with Gasteiger partial charge in [0, 0.05) is 18.8 Å². The van der Waals surface area contributed by atoms with Crippen LogP contribution in [0.25, 0.3) is 0 Å². The van der Waals surface area contributed by atoms with Gasteiger partial charge in [0.1, 0.15) is 12.2 Å². The number of hydrogen-bond acceptors (Lipinski definition) is 5. The molecule has 0 saturated carbocycles. The molecule has 0 bridgehead atoms. The molecule has 2 amide bonds. The topological polar surface area (TPSA) is 110 Å². The molecule has 0 radical (unpaired) electrons. The first-order chi connectivity index (χ1) is 8.96. The van der Waals surface area contributed by atoms with Crippen molar-refractivity contribution in [1.29, 1.82) is 0 Å². The molecule has 3 atom stereocenters. The summed E-state index contributed by atoms with van der Waals surface area (Å²) in [5, 5.41) is 30.9. The molecular formula is C12H18N2O5. The van der Waals surface area contributed by atoms with Crippen molar-refractivity contribution in [3.63, 3.8) is 0 Å². The lowest BCUT2D eigenvalue weighted by atomic mass is 10.1. The quantitative estimate of drug-likeness (QED) is 0.265. The van der Waals surface area contributed by atoms with Gasteiger partial charge in [-0.05, 0) is 12.5 Å². The van der Waals surface area contributed by atoms with Gasteiger partial charge in [-0.15, -0.1) is 0 Å². The first kappa shape index (κ1) is 15.4. The molecule has 0 aliphatic heterocycles. The molecule has 7 heteroatoms. The van der Waals surface area contributed by atoms with Crippen LogP contribution in [0.2, 0.25) is 0 Å². The zero-order valence-corrected chi connectivity index (χ0v) is 10.8. The predicted molar refractivity (Wildman–Crippen MR) is 66.7 cm³/mol. The lowest BCUT2D eigenvalue weighted by molar-refractivity contribution is -0.119. The van der Waals surface area contributed by atoms with Crippen LogP contribution in [0.1, 0.15) is 6.92 Å². The van der Waals surface area contributed by atoms with E-state index >= 15 is 0 Å². The van der Waals surface area contributed by atoms with Crippen LogP contribution in [0.5, 0.6) is 0 Å². The van der Waals surface area contributed by atoms with Gasteiger partial charge in [0.2, 0.25) is 12.3 Å². The molecule has 0 fully saturated rings. The number of hydrogen-bond donors (Lipinski definition) is 4. The van der Waals surface area contributed by atoms with Gasteiger partial charge in [-0.1, -0.05) is 6.08 Å². The Morgan fingerprint density at radius 2 is 2.16 bits per heavy atom. The molecule has 0 spiro atoms. The number of aliphatic hydroxyl groups excluding tert-OH is 3. The van der Waals surface area contributed by atoms with E-state index in [0.717, 1.165) is 4.90 Å². The minimum Gasteiger partial charge on any atom is -0.392 e. The predicted octanol–water partition coefficient (Wildman–Crippen LogP) is -1.88. The van der Waals surface area contributed by atoms with Crippen LogP contribution >= 0.6 is 0 Å². The minimum absolute atomic E-state index is 0.246. The highest BCUT2D eigenvalue weighted by Gasteiger charge is 2.37. The summed E-state index contributed by atoms with van der Waals surface area (Å²) in [6.07, 6.45) is 0.692. The van der Waals surface area contributed by atoms with Crippen molar-refractivity contribution in [1.82, 2.24) is 10.2 Å². The molecule has 106 valence electrons. The average Bonchev–Trinajstić information content (AvgIpc) is 2.71. The summed E-state index contributed by atoms with van der Waals surface area (Å²) in [4.78, 5) is 23.5. The molecule has 0 aromatic carbocycles. The van der Waals surface area contributed by atoms with E-state index in [4.69, 9.17) is 5.11 Å². The Bertz CT molecular complexity index is 418. The first-order valence-corrected chi connectivity index (χ1v) is 5.77. The van der Waals surface area contributed by atoms with Crippen LogP contribution in [0.4, 0.5) is 0 Å². The second kappa shape index (κ2) is 6.46. The fourth-order valence-electron chi connectivity index (χ4n) is 1.90. The standard InChI is InChI=1S/C12H18N2O5/c1-7(12(19)13-2)4-14(6-16)9-3-8(5-15)10(17)11(9)18/h3-4,6,9-11,15,17-18H,5H2,1-2H3,(H,13,19)/b7-4-. The number of carbonyl (C=O) groups excluding carboxylic acids is 2. The molecule has 4 N–H and O–H groups in total. The van der Waals surface area contributed by atoms with Crippen LogP contribution in [-0.2, 0) is 9.59 Å². The fourth-order valence-corrected chi connectivity index (χ4v) is 1.90. The van der Waals surface area contributed by atoms with Crippen molar-refractivity contribution in [3.8, 4) is 0 Å². The third-order valence-electron chi connectivity index (χ3n) is 3.01. The van der Waals surface area contributed by atoms with E-state index in [9.17, 15) is 19.8 Å². The first-order valence-electron chi connectivity index (χ1n) is 5.77. The summed E-state index contributed by atoms with van der Waals surface area (Å²) in [6.45, 7) is 1.11. The van der Waals surface area contributed by atoms with Gasteiger partial charge in [-0.25, -0.2) is 0 Å². The van der Waals surface area contributed by atoms with Gasteiger partial charge in [0.05, 0.1) is 12.6 Å². The Morgan fingerprint density at radius 3 is 2.58 bits per heavy atom. The monoisotopic (exact) mass is 270 g/mol. The van der Waals surface area contributed by atoms with Crippen molar-refractivity contribution in [3.05, 3.63) is 23.4 Å². The Kier molecular flexibility index (Phi) is 5.22. The third kappa shape index (κ3) is 3.19. The van der Waals surface area contributed by atoms with E-state index in [0.29, 0.717) is 6.41 Å². The van der Waals surface area contributed by atoms with E-state index in [-0.39, 0.29) is 17.1 Å². The van der Waals surface area contributed by atoms with Gasteiger partial charge in [0.25, 0.3) is 0 Å². The molecule has 0 heterocycles. The number of nitrogens with zero attached hydrogens (tertiary/aromatic N) is 1. The van der Waals surface area contributed by atoms with E-state index in [1.54, 1.807) is 0 Å². The number of aliphatic hydroxyl groups is 3. The van der Waals surface area contributed by atoms with E-state index in [1.165, 1.54) is 26.2 Å². The van der Waals surface area contributed by atoms with Crippen molar-refractivity contribution in [2.45, 2.75) is 25.2 Å². The fraction of sp³-hybridized carbons (Fsp3) is 0.500. The largest absolute Gasteiger partial charge is 0.392 e. The van der Waals surface area contributed by atoms with Gasteiger partial charge in [-0.3, -0.25) is 9.59 Å². The molecule has 0 aromatic heterocycles. The molecule has 0 aromatic rings. The SMILES string of the molecule is CNC(=O)/C(C)=C\N(C=O)C1C=C(CO)C(O)C1O. The maximum atomic E-state index is 11.4. The number of likely N-dealkylation sites (N-methyl/N-ethyl adjacent to an activating group) is 1. The molecule has 0 saturated heterocycles. The maximum absolute atomic E-state index is 11.4. The number of nitrogens with one attached hydrogen (secondary N) is 1. The number of amides is 2. The third-order valence-corrected chi connectivity index (χ3v) is 3.01. The van der Waals surface area contributed by atoms with Crippen molar-refractivity contribution in [2.75, 3.05) is 13.7 Å². The Balaban J connectivity index is 2.96. The summed E-state index contributed by atoms with van der Waals surface area (Å²) < 4.78 is 0. The normalized spacial score (nSPS) is 26.9. The molecule has 1 aliphatic carbocycles. The lowest BCUT2D eigenvalue weighted by Crippen LogP contribution is -2.41.